The lowest BCUT2D eigenvalue weighted by Gasteiger charge is -2.26. The Kier molecular flexibility index (Phi) is 3.95. The van der Waals surface area contributed by atoms with Gasteiger partial charge in [-0.25, -0.2) is 0 Å². The van der Waals surface area contributed by atoms with Crippen LogP contribution in [0.1, 0.15) is 17.7 Å². The predicted octanol–water partition coefficient (Wildman–Crippen LogP) is 5.19. The molecular formula is C19H17BrN2S. The van der Waals surface area contributed by atoms with Gasteiger partial charge < -0.3 is 4.90 Å². The summed E-state index contributed by atoms with van der Waals surface area (Å²) in [6, 6.07) is 4.22. The van der Waals surface area contributed by atoms with Gasteiger partial charge in [0.25, 0.3) is 0 Å². The van der Waals surface area contributed by atoms with E-state index in [4.69, 9.17) is 4.99 Å². The van der Waals surface area contributed by atoms with E-state index in [0.29, 0.717) is 6.54 Å². The molecule has 0 aromatic carbocycles. The van der Waals surface area contributed by atoms with E-state index in [9.17, 15) is 0 Å². The molecule has 0 unspecified atom stereocenters. The lowest BCUT2D eigenvalue weighted by molar-refractivity contribution is 0.444. The molecule has 3 aliphatic rings. The summed E-state index contributed by atoms with van der Waals surface area (Å²) in [4.78, 5) is 8.36. The molecule has 0 N–H and O–H groups in total. The van der Waals surface area contributed by atoms with Gasteiger partial charge in [0.05, 0.1) is 17.1 Å². The molecule has 2 bridgehead atoms. The highest BCUT2D eigenvalue weighted by Gasteiger charge is 2.26. The van der Waals surface area contributed by atoms with Crippen molar-refractivity contribution in [3.05, 3.63) is 80.3 Å². The maximum atomic E-state index is 4.79. The van der Waals surface area contributed by atoms with Gasteiger partial charge in [-0.05, 0) is 47.6 Å². The minimum Gasteiger partial charge on any atom is -0.343 e. The lowest BCUT2D eigenvalue weighted by Crippen LogP contribution is -2.23. The molecule has 116 valence electrons. The van der Waals surface area contributed by atoms with Crippen molar-refractivity contribution in [3.63, 3.8) is 0 Å². The van der Waals surface area contributed by atoms with Crippen molar-refractivity contribution in [3.8, 4) is 0 Å². The molecule has 0 amide bonds. The Morgan fingerprint density at radius 3 is 3.09 bits per heavy atom. The first-order valence-electron chi connectivity index (χ1n) is 7.73. The maximum absolute atomic E-state index is 4.79. The highest BCUT2D eigenvalue weighted by molar-refractivity contribution is 9.11. The number of thiophene rings is 1. The Morgan fingerprint density at radius 2 is 2.26 bits per heavy atom. The average molecular weight is 385 g/mol. The second-order valence-electron chi connectivity index (χ2n) is 5.86. The zero-order valence-corrected chi connectivity index (χ0v) is 15.2. The molecule has 1 saturated heterocycles. The molecule has 1 aromatic heterocycles. The Bertz CT molecular complexity index is 806. The van der Waals surface area contributed by atoms with Gasteiger partial charge in [0.1, 0.15) is 0 Å². The third-order valence-electron chi connectivity index (χ3n) is 4.40. The monoisotopic (exact) mass is 384 g/mol. The van der Waals surface area contributed by atoms with E-state index >= 15 is 0 Å². The SMILES string of the molecule is C=C1CN=C(c2cccs2)C=C2C3=CC=CC(Br)=C(CCN12)C3. The zero-order chi connectivity index (χ0) is 15.8. The summed E-state index contributed by atoms with van der Waals surface area (Å²) >= 11 is 5.45. The number of rotatable bonds is 1. The molecule has 1 aromatic rings. The predicted molar refractivity (Wildman–Crippen MR) is 102 cm³/mol. The summed E-state index contributed by atoms with van der Waals surface area (Å²) in [7, 11) is 0. The topological polar surface area (TPSA) is 15.6 Å². The molecular weight excluding hydrogens is 368 g/mol. The highest BCUT2D eigenvalue weighted by atomic mass is 79.9. The summed E-state index contributed by atoms with van der Waals surface area (Å²) in [6.07, 6.45) is 10.8. The normalized spacial score (nSPS) is 21.0. The number of halogens is 1. The van der Waals surface area contributed by atoms with Crippen LogP contribution in [0.4, 0.5) is 0 Å². The van der Waals surface area contributed by atoms with Crippen LogP contribution >= 0.6 is 27.3 Å². The van der Waals surface area contributed by atoms with Crippen molar-refractivity contribution in [1.29, 1.82) is 0 Å². The largest absolute Gasteiger partial charge is 0.343 e. The van der Waals surface area contributed by atoms with E-state index in [1.807, 2.05) is 0 Å². The van der Waals surface area contributed by atoms with Crippen molar-refractivity contribution in [2.24, 2.45) is 4.99 Å². The van der Waals surface area contributed by atoms with Crippen LogP contribution in [0, 0.1) is 0 Å². The van der Waals surface area contributed by atoms with E-state index in [2.05, 4.69) is 69.2 Å². The summed E-state index contributed by atoms with van der Waals surface area (Å²) in [6.45, 7) is 5.91. The molecule has 23 heavy (non-hydrogen) atoms. The van der Waals surface area contributed by atoms with Crippen LogP contribution in [0.15, 0.2) is 80.4 Å². The number of fused-ring (bicyclic) bond motifs is 4. The molecule has 4 heteroatoms. The van der Waals surface area contributed by atoms with Crippen molar-refractivity contribution in [2.75, 3.05) is 13.1 Å². The Morgan fingerprint density at radius 1 is 1.35 bits per heavy atom. The number of allylic oxidation sites excluding steroid dienone is 6. The van der Waals surface area contributed by atoms with Gasteiger partial charge >= 0.3 is 0 Å². The van der Waals surface area contributed by atoms with Crippen LogP contribution in [0.3, 0.4) is 0 Å². The molecule has 2 nitrogen and oxygen atoms in total. The quantitative estimate of drug-likeness (QED) is 0.650. The van der Waals surface area contributed by atoms with E-state index in [1.165, 1.54) is 26.2 Å². The van der Waals surface area contributed by atoms with E-state index in [1.54, 1.807) is 11.3 Å². The van der Waals surface area contributed by atoms with Gasteiger partial charge in [-0.15, -0.1) is 11.3 Å². The Hall–Kier alpha value is -1.65. The summed E-state index contributed by atoms with van der Waals surface area (Å²) in [5.74, 6) is 0. The fourth-order valence-corrected chi connectivity index (χ4v) is 4.37. The van der Waals surface area contributed by atoms with Gasteiger partial charge in [0.2, 0.25) is 0 Å². The van der Waals surface area contributed by atoms with Crippen LogP contribution < -0.4 is 0 Å². The van der Waals surface area contributed by atoms with Crippen molar-refractivity contribution in [2.45, 2.75) is 12.8 Å². The molecule has 0 spiro atoms. The standard InChI is InChI=1S/C19H17BrN2S/c1-13-12-21-17(19-6-3-9-23-19)11-18-15-4-2-5-16(20)14(10-15)7-8-22(13)18/h2-6,9,11H,1,7-8,10,12H2. The second kappa shape index (κ2) is 6.10. The van der Waals surface area contributed by atoms with Crippen LogP contribution in [-0.2, 0) is 0 Å². The van der Waals surface area contributed by atoms with Gasteiger partial charge in [-0.1, -0.05) is 40.7 Å². The lowest BCUT2D eigenvalue weighted by atomic mass is 10.0. The fraction of sp³-hybridized carbons (Fsp3) is 0.211. The van der Waals surface area contributed by atoms with Crippen LogP contribution in [0.5, 0.6) is 0 Å². The Balaban J connectivity index is 1.84. The Labute approximate surface area is 149 Å². The average Bonchev–Trinajstić information content (AvgIpc) is 2.86. The van der Waals surface area contributed by atoms with Gasteiger partial charge in [-0.2, -0.15) is 0 Å². The zero-order valence-electron chi connectivity index (χ0n) is 12.8. The minimum absolute atomic E-state index is 0.663. The molecule has 2 aliphatic heterocycles. The van der Waals surface area contributed by atoms with Crippen molar-refractivity contribution >= 4 is 33.0 Å². The highest BCUT2D eigenvalue weighted by Crippen LogP contribution is 2.37. The van der Waals surface area contributed by atoms with Crippen molar-refractivity contribution < 1.29 is 0 Å². The smallest absolute Gasteiger partial charge is 0.0793 e. The number of aliphatic imine (C=N–C) groups is 1. The molecule has 4 rings (SSSR count). The third kappa shape index (κ3) is 2.81. The van der Waals surface area contributed by atoms with E-state index in [0.717, 1.165) is 30.8 Å². The van der Waals surface area contributed by atoms with E-state index < -0.39 is 0 Å². The fourth-order valence-electron chi connectivity index (χ4n) is 3.17. The number of hydrogen-bond acceptors (Lipinski definition) is 3. The van der Waals surface area contributed by atoms with Crippen LogP contribution in [-0.4, -0.2) is 23.7 Å². The molecule has 0 atom stereocenters. The van der Waals surface area contributed by atoms with Crippen molar-refractivity contribution in [1.82, 2.24) is 4.90 Å². The van der Waals surface area contributed by atoms with Gasteiger partial charge in [0.15, 0.2) is 0 Å². The summed E-state index contributed by atoms with van der Waals surface area (Å²) in [5, 5.41) is 2.10. The first-order valence-corrected chi connectivity index (χ1v) is 9.40. The van der Waals surface area contributed by atoms with E-state index in [-0.39, 0.29) is 0 Å². The molecule has 1 fully saturated rings. The van der Waals surface area contributed by atoms with Gasteiger partial charge in [-0.3, -0.25) is 4.99 Å². The minimum atomic E-state index is 0.663. The van der Waals surface area contributed by atoms with Crippen LogP contribution in [0.2, 0.25) is 0 Å². The number of hydrogen-bond donors (Lipinski definition) is 0. The number of nitrogens with zero attached hydrogens (tertiary/aromatic N) is 2. The first-order chi connectivity index (χ1) is 11.2. The first kappa shape index (κ1) is 14.9. The molecule has 3 heterocycles. The maximum Gasteiger partial charge on any atom is 0.0793 e. The van der Waals surface area contributed by atoms with Gasteiger partial charge in [0, 0.05) is 22.4 Å². The van der Waals surface area contributed by atoms with Crippen LogP contribution in [0.25, 0.3) is 0 Å². The molecule has 1 aliphatic carbocycles. The second-order valence-corrected chi connectivity index (χ2v) is 7.66. The summed E-state index contributed by atoms with van der Waals surface area (Å²) < 4.78 is 1.22. The molecule has 0 saturated carbocycles. The molecule has 0 radical (unpaired) electrons. The summed E-state index contributed by atoms with van der Waals surface area (Å²) in [5.41, 5.74) is 6.20. The third-order valence-corrected chi connectivity index (χ3v) is 6.12.